The molecule has 0 atom stereocenters. The minimum atomic E-state index is -4.67. The van der Waals surface area contributed by atoms with Gasteiger partial charge in [-0.25, -0.2) is 4.39 Å². The summed E-state index contributed by atoms with van der Waals surface area (Å²) < 4.78 is 49.8. The lowest BCUT2D eigenvalue weighted by Gasteiger charge is -2.07. The fourth-order valence-electron chi connectivity index (χ4n) is 1.10. The Hall–Kier alpha value is -2.08. The highest BCUT2D eigenvalue weighted by Gasteiger charge is 2.31. The van der Waals surface area contributed by atoms with Gasteiger partial charge in [0.15, 0.2) is 5.78 Å². The van der Waals surface area contributed by atoms with Crippen molar-refractivity contribution >= 4 is 5.78 Å². The molecule has 1 aromatic carbocycles. The van der Waals surface area contributed by atoms with E-state index in [0.717, 1.165) is 0 Å². The average Bonchev–Trinajstić information content (AvgIpc) is 2.24. The maximum atomic E-state index is 13.2. The number of halogens is 4. The number of ketones is 1. The summed E-state index contributed by atoms with van der Waals surface area (Å²) in [6.45, 7) is -0.640. The molecule has 90 valence electrons. The second-order valence-electron chi connectivity index (χ2n) is 3.00. The van der Waals surface area contributed by atoms with Crippen molar-refractivity contribution in [1.29, 1.82) is 0 Å². The minimum absolute atomic E-state index is 0.226. The fourth-order valence-corrected chi connectivity index (χ4v) is 1.10. The summed E-state index contributed by atoms with van der Waals surface area (Å²) in [7, 11) is 0. The van der Waals surface area contributed by atoms with Crippen molar-refractivity contribution in [2.75, 3.05) is 6.54 Å². The van der Waals surface area contributed by atoms with Gasteiger partial charge in [0.25, 0.3) is 0 Å². The summed E-state index contributed by atoms with van der Waals surface area (Å²) >= 11 is 0. The van der Waals surface area contributed by atoms with Crippen molar-refractivity contribution in [2.45, 2.75) is 6.18 Å². The molecule has 0 heterocycles. The fraction of sp³-hybridized carbons (Fsp3) is 0.222. The van der Waals surface area contributed by atoms with Crippen LogP contribution in [0.5, 0.6) is 0 Å². The Morgan fingerprint density at radius 3 is 2.53 bits per heavy atom. The summed E-state index contributed by atoms with van der Waals surface area (Å²) in [6.07, 6.45) is -4.67. The second kappa shape index (κ2) is 4.84. The third-order valence-electron chi connectivity index (χ3n) is 1.87. The molecule has 0 N–H and O–H groups in total. The number of carbonyl (C=O) groups is 1. The first-order valence-electron chi connectivity index (χ1n) is 4.27. The van der Waals surface area contributed by atoms with Crippen LogP contribution in [0.3, 0.4) is 0 Å². The molecule has 0 unspecified atom stereocenters. The Bertz CT molecular complexity index is 492. The quantitative estimate of drug-likeness (QED) is 0.265. The molecule has 0 fully saturated rings. The highest BCUT2D eigenvalue weighted by molar-refractivity contribution is 5.98. The largest absolute Gasteiger partial charge is 0.416 e. The Morgan fingerprint density at radius 2 is 2.06 bits per heavy atom. The molecule has 0 saturated carbocycles. The molecular weight excluding hydrogens is 242 g/mol. The minimum Gasteiger partial charge on any atom is -0.294 e. The standard InChI is InChI=1S/C9H5F4N3O/c10-7-3-5(9(11,12)13)1-2-6(7)8(17)4-15-16-14/h1-3H,4H2. The number of rotatable bonds is 3. The van der Waals surface area contributed by atoms with Crippen LogP contribution in [-0.2, 0) is 6.18 Å². The van der Waals surface area contributed by atoms with Crippen LogP contribution in [0, 0.1) is 5.82 Å². The first-order valence-corrected chi connectivity index (χ1v) is 4.27. The Balaban J connectivity index is 3.06. The maximum Gasteiger partial charge on any atom is 0.416 e. The van der Waals surface area contributed by atoms with E-state index in [4.69, 9.17) is 5.53 Å². The Labute approximate surface area is 92.5 Å². The molecule has 0 aromatic heterocycles. The number of carbonyl (C=O) groups excluding carboxylic acids is 1. The molecule has 0 aliphatic carbocycles. The van der Waals surface area contributed by atoms with Crippen LogP contribution in [0.25, 0.3) is 10.4 Å². The third kappa shape index (κ3) is 3.18. The van der Waals surface area contributed by atoms with Gasteiger partial charge in [0, 0.05) is 4.91 Å². The van der Waals surface area contributed by atoms with E-state index in [0.29, 0.717) is 12.1 Å². The monoisotopic (exact) mass is 247 g/mol. The van der Waals surface area contributed by atoms with Gasteiger partial charge in [-0.3, -0.25) is 4.79 Å². The van der Waals surface area contributed by atoms with Crippen molar-refractivity contribution < 1.29 is 22.4 Å². The lowest BCUT2D eigenvalue weighted by atomic mass is 10.1. The van der Waals surface area contributed by atoms with E-state index in [1.54, 1.807) is 0 Å². The lowest BCUT2D eigenvalue weighted by Crippen LogP contribution is -2.10. The molecule has 8 heteroatoms. The zero-order valence-corrected chi connectivity index (χ0v) is 8.20. The van der Waals surface area contributed by atoms with Gasteiger partial charge in [-0.15, -0.1) is 0 Å². The van der Waals surface area contributed by atoms with E-state index >= 15 is 0 Å². The first-order chi connectivity index (χ1) is 7.86. The van der Waals surface area contributed by atoms with Crippen molar-refractivity contribution in [3.63, 3.8) is 0 Å². The molecular formula is C9H5F4N3O. The summed E-state index contributed by atoms with van der Waals surface area (Å²) in [4.78, 5) is 13.5. The predicted octanol–water partition coefficient (Wildman–Crippen LogP) is 3.34. The number of hydrogen-bond donors (Lipinski definition) is 0. The number of Topliss-reactive ketones (excluding diaryl/α,β-unsaturated/α-hetero) is 1. The number of nitrogens with zero attached hydrogens (tertiary/aromatic N) is 3. The molecule has 0 amide bonds. The molecule has 1 aromatic rings. The van der Waals surface area contributed by atoms with Crippen LogP contribution in [0.15, 0.2) is 23.3 Å². The van der Waals surface area contributed by atoms with E-state index in [1.165, 1.54) is 0 Å². The van der Waals surface area contributed by atoms with Crippen molar-refractivity contribution in [3.05, 3.63) is 45.6 Å². The zero-order valence-electron chi connectivity index (χ0n) is 8.20. The summed E-state index contributed by atoms with van der Waals surface area (Å²) in [5, 5.41) is 2.90. The second-order valence-corrected chi connectivity index (χ2v) is 3.00. The number of benzene rings is 1. The SMILES string of the molecule is [N-]=[N+]=NCC(=O)c1ccc(C(F)(F)F)cc1F. The van der Waals surface area contributed by atoms with Crippen LogP contribution in [-0.4, -0.2) is 12.3 Å². The van der Waals surface area contributed by atoms with Crippen molar-refractivity contribution in [2.24, 2.45) is 5.11 Å². The summed E-state index contributed by atoms with van der Waals surface area (Å²) in [5.74, 6) is -2.17. The smallest absolute Gasteiger partial charge is 0.294 e. The number of alkyl halides is 3. The van der Waals surface area contributed by atoms with E-state index in [2.05, 4.69) is 10.0 Å². The van der Waals surface area contributed by atoms with Gasteiger partial charge in [-0.2, -0.15) is 13.2 Å². The molecule has 0 aliphatic heterocycles. The van der Waals surface area contributed by atoms with E-state index in [9.17, 15) is 22.4 Å². The van der Waals surface area contributed by atoms with Gasteiger partial charge < -0.3 is 0 Å². The molecule has 0 aliphatic rings. The van der Waals surface area contributed by atoms with Gasteiger partial charge in [0.1, 0.15) is 5.82 Å². The van der Waals surface area contributed by atoms with E-state index < -0.39 is 35.4 Å². The van der Waals surface area contributed by atoms with Gasteiger partial charge >= 0.3 is 6.18 Å². The lowest BCUT2D eigenvalue weighted by molar-refractivity contribution is -0.137. The Morgan fingerprint density at radius 1 is 1.41 bits per heavy atom. The number of azide groups is 1. The van der Waals surface area contributed by atoms with Crippen molar-refractivity contribution in [1.82, 2.24) is 0 Å². The molecule has 0 saturated heterocycles. The molecule has 0 spiro atoms. The van der Waals surface area contributed by atoms with Gasteiger partial charge in [0.05, 0.1) is 17.7 Å². The first kappa shape index (κ1) is 13.0. The molecule has 1 rings (SSSR count). The highest BCUT2D eigenvalue weighted by atomic mass is 19.4. The molecule has 0 radical (unpaired) electrons. The maximum absolute atomic E-state index is 13.2. The predicted molar refractivity (Wildman–Crippen MR) is 49.7 cm³/mol. The summed E-state index contributed by atoms with van der Waals surface area (Å²) in [5.41, 5.74) is 6.22. The van der Waals surface area contributed by atoms with Crippen molar-refractivity contribution in [3.8, 4) is 0 Å². The van der Waals surface area contributed by atoms with E-state index in [-0.39, 0.29) is 6.07 Å². The van der Waals surface area contributed by atoms with Gasteiger partial charge in [-0.05, 0) is 23.7 Å². The van der Waals surface area contributed by atoms with Crippen LogP contribution in [0.2, 0.25) is 0 Å². The average molecular weight is 247 g/mol. The van der Waals surface area contributed by atoms with Crippen LogP contribution < -0.4 is 0 Å². The van der Waals surface area contributed by atoms with Crippen LogP contribution in [0.4, 0.5) is 17.6 Å². The summed E-state index contributed by atoms with van der Waals surface area (Å²) in [6, 6.07) is 1.53. The zero-order chi connectivity index (χ0) is 13.1. The Kier molecular flexibility index (Phi) is 3.69. The van der Waals surface area contributed by atoms with Gasteiger partial charge in [-0.1, -0.05) is 5.11 Å². The normalized spacial score (nSPS) is 10.8. The third-order valence-corrected chi connectivity index (χ3v) is 1.87. The molecule has 17 heavy (non-hydrogen) atoms. The van der Waals surface area contributed by atoms with E-state index in [1.807, 2.05) is 0 Å². The topological polar surface area (TPSA) is 65.8 Å². The van der Waals surface area contributed by atoms with Crippen LogP contribution in [0.1, 0.15) is 15.9 Å². The van der Waals surface area contributed by atoms with Crippen LogP contribution >= 0.6 is 0 Å². The highest BCUT2D eigenvalue weighted by Crippen LogP contribution is 2.30. The van der Waals surface area contributed by atoms with Gasteiger partial charge in [0.2, 0.25) is 0 Å². The number of hydrogen-bond acceptors (Lipinski definition) is 2. The molecule has 4 nitrogen and oxygen atoms in total. The molecule has 0 bridgehead atoms.